The van der Waals surface area contributed by atoms with E-state index in [0.717, 1.165) is 15.8 Å². The molecule has 0 amide bonds. The van der Waals surface area contributed by atoms with Gasteiger partial charge in [-0.25, -0.2) is 4.68 Å². The van der Waals surface area contributed by atoms with E-state index < -0.39 is 23.1 Å². The van der Waals surface area contributed by atoms with Crippen LogP contribution in [-0.4, -0.2) is 9.78 Å². The molecule has 5 nitrogen and oxygen atoms in total. The average Bonchev–Trinajstić information content (AvgIpc) is 2.93. The number of para-hydroxylation sites is 1. The fourth-order valence-electron chi connectivity index (χ4n) is 2.41. The lowest BCUT2D eigenvalue weighted by atomic mass is 10.1. The second-order valence-corrected chi connectivity index (χ2v) is 5.80. The van der Waals surface area contributed by atoms with Crippen molar-refractivity contribution in [3.05, 3.63) is 75.7 Å². The van der Waals surface area contributed by atoms with Gasteiger partial charge in [0, 0.05) is 0 Å². The number of benzene rings is 2. The maximum Gasteiger partial charge on any atom is 0.435 e. The molecule has 134 valence electrons. The number of nitrogens with zero attached hydrogens (tertiary/aromatic N) is 3. The molecule has 8 heteroatoms. The zero-order valence-corrected chi connectivity index (χ0v) is 14.0. The van der Waals surface area contributed by atoms with E-state index in [9.17, 15) is 18.0 Å². The average molecular weight is 360 g/mol. The van der Waals surface area contributed by atoms with Crippen LogP contribution in [0.1, 0.15) is 16.8 Å². The summed E-state index contributed by atoms with van der Waals surface area (Å²) in [5.41, 5.74) is -0.621. The number of hydrogen-bond donors (Lipinski definition) is 1. The van der Waals surface area contributed by atoms with Crippen LogP contribution in [0.25, 0.3) is 5.69 Å². The molecule has 0 aliphatic heterocycles. The molecular weight excluding hydrogens is 345 g/mol. The van der Waals surface area contributed by atoms with E-state index in [2.05, 4.69) is 15.3 Å². The van der Waals surface area contributed by atoms with Gasteiger partial charge in [-0.1, -0.05) is 30.3 Å². The molecule has 3 rings (SSSR count). The Hall–Kier alpha value is -3.16. The fourth-order valence-corrected chi connectivity index (χ4v) is 2.41. The van der Waals surface area contributed by atoms with Crippen molar-refractivity contribution >= 4 is 11.4 Å². The van der Waals surface area contributed by atoms with E-state index in [-0.39, 0.29) is 5.69 Å². The molecule has 0 saturated heterocycles. The van der Waals surface area contributed by atoms with Gasteiger partial charge >= 0.3 is 6.18 Å². The van der Waals surface area contributed by atoms with Crippen LogP contribution in [-0.2, 0) is 6.18 Å². The summed E-state index contributed by atoms with van der Waals surface area (Å²) in [6, 6.07) is 13.3. The quantitative estimate of drug-likeness (QED) is 0.640. The first-order valence-corrected chi connectivity index (χ1v) is 7.74. The Bertz CT molecular complexity index is 1020. The second kappa shape index (κ2) is 6.62. The van der Waals surface area contributed by atoms with Gasteiger partial charge < -0.3 is 0 Å². The molecule has 3 aromatic rings. The van der Waals surface area contributed by atoms with Crippen molar-refractivity contribution in [1.82, 2.24) is 9.78 Å². The number of azo groups is 1. The smallest absolute Gasteiger partial charge is 0.284 e. The normalized spacial score (nSPS) is 12.0. The van der Waals surface area contributed by atoms with Crippen molar-refractivity contribution in [2.24, 2.45) is 10.2 Å². The van der Waals surface area contributed by atoms with Gasteiger partial charge in [-0.2, -0.15) is 18.3 Å². The minimum Gasteiger partial charge on any atom is -0.284 e. The molecule has 26 heavy (non-hydrogen) atoms. The number of alkyl halides is 3. The first-order chi connectivity index (χ1) is 12.3. The van der Waals surface area contributed by atoms with Gasteiger partial charge in [0.1, 0.15) is 0 Å². The molecular formula is C18H15F3N4O. The Morgan fingerprint density at radius 3 is 2.35 bits per heavy atom. The molecule has 0 spiro atoms. The Kier molecular flexibility index (Phi) is 4.50. The predicted molar refractivity (Wildman–Crippen MR) is 91.5 cm³/mol. The summed E-state index contributed by atoms with van der Waals surface area (Å²) in [5.74, 6) is 0. The molecule has 0 bridgehead atoms. The molecule has 0 saturated carbocycles. The number of aromatic nitrogens is 2. The van der Waals surface area contributed by atoms with E-state index in [0.29, 0.717) is 5.69 Å². The van der Waals surface area contributed by atoms with Gasteiger partial charge in [-0.15, -0.1) is 5.11 Å². The summed E-state index contributed by atoms with van der Waals surface area (Å²) in [6.45, 7) is 3.59. The summed E-state index contributed by atoms with van der Waals surface area (Å²) < 4.78 is 40.8. The van der Waals surface area contributed by atoms with Crippen molar-refractivity contribution < 1.29 is 13.2 Å². The zero-order valence-electron chi connectivity index (χ0n) is 14.0. The number of hydrogen-bond acceptors (Lipinski definition) is 3. The molecule has 0 atom stereocenters. The van der Waals surface area contributed by atoms with Gasteiger partial charge in [-0.05, 0) is 43.2 Å². The highest BCUT2D eigenvalue weighted by atomic mass is 19.4. The van der Waals surface area contributed by atoms with Crippen molar-refractivity contribution in [3.8, 4) is 5.69 Å². The largest absolute Gasteiger partial charge is 0.435 e. The molecule has 2 aromatic carbocycles. The summed E-state index contributed by atoms with van der Waals surface area (Å²) in [4.78, 5) is 12.5. The van der Waals surface area contributed by atoms with Crippen LogP contribution in [0, 0.1) is 13.8 Å². The molecule has 1 N–H and O–H groups in total. The molecule has 1 heterocycles. The van der Waals surface area contributed by atoms with Gasteiger partial charge in [0.15, 0.2) is 11.4 Å². The summed E-state index contributed by atoms with van der Waals surface area (Å²) in [6.07, 6.45) is -4.77. The van der Waals surface area contributed by atoms with Crippen LogP contribution in [0.4, 0.5) is 24.5 Å². The van der Waals surface area contributed by atoms with Crippen molar-refractivity contribution in [1.29, 1.82) is 0 Å². The maximum atomic E-state index is 13.3. The monoisotopic (exact) mass is 360 g/mol. The van der Waals surface area contributed by atoms with Crippen molar-refractivity contribution in [3.63, 3.8) is 0 Å². The first-order valence-electron chi connectivity index (χ1n) is 7.74. The summed E-state index contributed by atoms with van der Waals surface area (Å²) in [5, 5.41) is 9.60. The van der Waals surface area contributed by atoms with Gasteiger partial charge in [0.2, 0.25) is 0 Å². The van der Waals surface area contributed by atoms with Crippen LogP contribution in [0.2, 0.25) is 0 Å². The third kappa shape index (κ3) is 3.44. The third-order valence-corrected chi connectivity index (χ3v) is 3.79. The van der Waals surface area contributed by atoms with Gasteiger partial charge in [0.05, 0.1) is 11.4 Å². The number of rotatable bonds is 3. The van der Waals surface area contributed by atoms with E-state index in [1.54, 1.807) is 37.3 Å². The highest BCUT2D eigenvalue weighted by Crippen LogP contribution is 2.34. The minimum absolute atomic E-state index is 0.274. The van der Waals surface area contributed by atoms with E-state index in [1.165, 1.54) is 12.1 Å². The Morgan fingerprint density at radius 1 is 1.00 bits per heavy atom. The fraction of sp³-hybridized carbons (Fsp3) is 0.167. The number of aryl methyl sites for hydroxylation is 2. The number of nitrogens with one attached hydrogen (secondary N) is 1. The molecule has 0 fully saturated rings. The maximum absolute atomic E-state index is 13.3. The van der Waals surface area contributed by atoms with E-state index >= 15 is 0 Å². The third-order valence-electron chi connectivity index (χ3n) is 3.79. The van der Waals surface area contributed by atoms with Crippen LogP contribution >= 0.6 is 0 Å². The molecule has 0 aliphatic rings. The Labute approximate surface area is 146 Å². The zero-order chi connectivity index (χ0) is 18.9. The standard InChI is InChI=1S/C18H15F3N4O/c1-11-8-9-12(2)14(10-11)22-23-15-16(18(19,20)21)24-25(17(15)26)13-6-4-3-5-7-13/h3-10,24H,1-2H3. The highest BCUT2D eigenvalue weighted by Gasteiger charge is 2.38. The summed E-state index contributed by atoms with van der Waals surface area (Å²) in [7, 11) is 0. The van der Waals surface area contributed by atoms with Crippen LogP contribution in [0.3, 0.4) is 0 Å². The molecule has 0 radical (unpaired) electrons. The topological polar surface area (TPSA) is 62.5 Å². The van der Waals surface area contributed by atoms with Crippen LogP contribution < -0.4 is 5.56 Å². The molecule has 1 aromatic heterocycles. The lowest BCUT2D eigenvalue weighted by Gasteiger charge is -2.04. The van der Waals surface area contributed by atoms with Crippen LogP contribution in [0.5, 0.6) is 0 Å². The van der Waals surface area contributed by atoms with Gasteiger partial charge in [0.25, 0.3) is 5.56 Å². The SMILES string of the molecule is Cc1ccc(C)c(N=Nc2c(C(F)(F)F)[nH]n(-c3ccccc3)c2=O)c1. The Morgan fingerprint density at radius 2 is 1.69 bits per heavy atom. The lowest BCUT2D eigenvalue weighted by molar-refractivity contribution is -0.140. The van der Waals surface area contributed by atoms with Crippen molar-refractivity contribution in [2.45, 2.75) is 20.0 Å². The van der Waals surface area contributed by atoms with Gasteiger partial charge in [-0.3, -0.25) is 9.89 Å². The van der Waals surface area contributed by atoms with Crippen LogP contribution in [0.15, 0.2) is 63.6 Å². The first kappa shape index (κ1) is 17.7. The predicted octanol–water partition coefficient (Wildman–Crippen LogP) is 5.22. The Balaban J connectivity index is 2.14. The summed E-state index contributed by atoms with van der Waals surface area (Å²) >= 11 is 0. The van der Waals surface area contributed by atoms with E-state index in [1.807, 2.05) is 13.0 Å². The lowest BCUT2D eigenvalue weighted by Crippen LogP contribution is -2.13. The number of H-pyrrole nitrogens is 1. The van der Waals surface area contributed by atoms with Crippen molar-refractivity contribution in [2.75, 3.05) is 0 Å². The highest BCUT2D eigenvalue weighted by molar-refractivity contribution is 5.49. The molecule has 0 unspecified atom stereocenters. The number of aromatic amines is 1. The second-order valence-electron chi connectivity index (χ2n) is 5.80. The minimum atomic E-state index is -4.77. The number of halogens is 3. The molecule has 0 aliphatic carbocycles. The van der Waals surface area contributed by atoms with E-state index in [4.69, 9.17) is 0 Å².